The molecular weight excluding hydrogens is 306 g/mol. The fourth-order valence-electron chi connectivity index (χ4n) is 3.33. The minimum atomic E-state index is -0.469. The molecule has 0 amide bonds. The van der Waals surface area contributed by atoms with E-state index in [1.807, 2.05) is 37.3 Å². The maximum atomic E-state index is 10.4. The molecule has 2 aromatic carbocycles. The number of hydrogen-bond acceptors (Lipinski definition) is 2. The third kappa shape index (κ3) is 6.64. The minimum absolute atomic E-state index is 0.0385. The number of aliphatic hydroxyl groups excluding tert-OH is 1. The summed E-state index contributed by atoms with van der Waals surface area (Å²) in [6, 6.07) is 18.9. The first-order chi connectivity index (χ1) is 12.1. The average Bonchev–Trinajstić information content (AvgIpc) is 2.63. The van der Waals surface area contributed by atoms with Crippen LogP contribution in [0.2, 0.25) is 0 Å². The monoisotopic (exact) mass is 339 g/mol. The van der Waals surface area contributed by atoms with Crippen LogP contribution in [0.15, 0.2) is 54.6 Å². The molecule has 2 N–H and O–H groups in total. The molecule has 0 aliphatic rings. The van der Waals surface area contributed by atoms with Crippen molar-refractivity contribution in [1.82, 2.24) is 5.32 Å². The third-order valence-electron chi connectivity index (χ3n) is 4.88. The van der Waals surface area contributed by atoms with Gasteiger partial charge in [-0.15, -0.1) is 0 Å². The van der Waals surface area contributed by atoms with Gasteiger partial charge < -0.3 is 10.4 Å². The number of rotatable bonds is 10. The van der Waals surface area contributed by atoms with Crippen molar-refractivity contribution in [3.05, 3.63) is 71.3 Å². The molecule has 2 nitrogen and oxygen atoms in total. The molecule has 3 atom stereocenters. The highest BCUT2D eigenvalue weighted by Crippen LogP contribution is 2.17. The molecule has 2 aromatic rings. The number of nitrogens with one attached hydrogen (secondary N) is 1. The Bertz CT molecular complexity index is 593. The van der Waals surface area contributed by atoms with Crippen molar-refractivity contribution < 1.29 is 5.11 Å². The summed E-state index contributed by atoms with van der Waals surface area (Å²) in [7, 11) is 0. The van der Waals surface area contributed by atoms with Gasteiger partial charge in [0.25, 0.3) is 0 Å². The molecule has 0 saturated carbocycles. The van der Waals surface area contributed by atoms with E-state index in [-0.39, 0.29) is 6.04 Å². The largest absolute Gasteiger partial charge is 0.387 e. The molecule has 0 fully saturated rings. The summed E-state index contributed by atoms with van der Waals surface area (Å²) in [5.74, 6) is 0.762. The topological polar surface area (TPSA) is 32.3 Å². The molecule has 0 aliphatic heterocycles. The van der Waals surface area contributed by atoms with E-state index >= 15 is 0 Å². The minimum Gasteiger partial charge on any atom is -0.387 e. The smallest absolute Gasteiger partial charge is 0.0940 e. The molecule has 0 aliphatic carbocycles. The van der Waals surface area contributed by atoms with Gasteiger partial charge in [0.2, 0.25) is 0 Å². The van der Waals surface area contributed by atoms with Crippen LogP contribution in [0.4, 0.5) is 0 Å². The molecule has 2 heteroatoms. The lowest BCUT2D eigenvalue weighted by molar-refractivity contribution is 0.136. The van der Waals surface area contributed by atoms with Crippen molar-refractivity contribution in [2.45, 2.75) is 58.6 Å². The van der Waals surface area contributed by atoms with E-state index < -0.39 is 6.10 Å². The Morgan fingerprint density at radius 1 is 0.920 bits per heavy atom. The van der Waals surface area contributed by atoms with Gasteiger partial charge in [0.05, 0.1) is 6.10 Å². The molecule has 0 heterocycles. The number of aliphatic hydroxyl groups is 1. The van der Waals surface area contributed by atoms with Gasteiger partial charge in [-0.25, -0.2) is 0 Å². The van der Waals surface area contributed by atoms with Crippen LogP contribution in [0, 0.1) is 5.92 Å². The lowest BCUT2D eigenvalue weighted by Gasteiger charge is -2.20. The van der Waals surface area contributed by atoms with Crippen molar-refractivity contribution in [3.63, 3.8) is 0 Å². The highest BCUT2D eigenvalue weighted by molar-refractivity contribution is 5.23. The second-order valence-electron chi connectivity index (χ2n) is 7.26. The van der Waals surface area contributed by atoms with Crippen molar-refractivity contribution in [1.29, 1.82) is 0 Å². The molecule has 0 unspecified atom stereocenters. The molecular formula is C23H33NO. The van der Waals surface area contributed by atoms with Crippen molar-refractivity contribution >= 4 is 0 Å². The molecule has 0 spiro atoms. The summed E-state index contributed by atoms with van der Waals surface area (Å²) >= 11 is 0. The molecule has 0 saturated heterocycles. The standard InChI is InChI=1S/C23H33NO/c1-4-8-18(2)17-21-13-11-20(12-14-21)15-16-24-19(3)23(25)22-9-6-5-7-10-22/h5-7,9-14,18-19,23-25H,4,8,15-17H2,1-3H3/t18-,19+,23+/m1/s1. The molecule has 25 heavy (non-hydrogen) atoms. The van der Waals surface area contributed by atoms with Crippen molar-refractivity contribution in [2.75, 3.05) is 6.54 Å². The van der Waals surface area contributed by atoms with Crippen LogP contribution in [0.1, 0.15) is 56.4 Å². The summed E-state index contributed by atoms with van der Waals surface area (Å²) in [5, 5.41) is 13.8. The third-order valence-corrected chi connectivity index (χ3v) is 4.88. The molecule has 0 radical (unpaired) electrons. The first-order valence-corrected chi connectivity index (χ1v) is 9.64. The predicted octanol–water partition coefficient (Wildman–Crippen LogP) is 4.92. The van der Waals surface area contributed by atoms with E-state index in [1.54, 1.807) is 0 Å². The molecule has 2 rings (SSSR count). The summed E-state index contributed by atoms with van der Waals surface area (Å²) < 4.78 is 0. The lowest BCUT2D eigenvalue weighted by atomic mass is 9.96. The first-order valence-electron chi connectivity index (χ1n) is 9.64. The number of benzene rings is 2. The Labute approximate surface area is 153 Å². The van der Waals surface area contributed by atoms with Crippen molar-refractivity contribution in [3.8, 4) is 0 Å². The van der Waals surface area contributed by atoms with Gasteiger partial charge in [0.1, 0.15) is 0 Å². The Morgan fingerprint density at radius 2 is 1.56 bits per heavy atom. The van der Waals surface area contributed by atoms with E-state index in [2.05, 4.69) is 43.4 Å². The van der Waals surface area contributed by atoms with Gasteiger partial charge in [-0.1, -0.05) is 81.3 Å². The quantitative estimate of drug-likeness (QED) is 0.644. The maximum Gasteiger partial charge on any atom is 0.0940 e. The summed E-state index contributed by atoms with van der Waals surface area (Å²) in [6.45, 7) is 7.50. The Morgan fingerprint density at radius 3 is 2.20 bits per heavy atom. The second-order valence-corrected chi connectivity index (χ2v) is 7.26. The number of hydrogen-bond donors (Lipinski definition) is 2. The molecule has 0 bridgehead atoms. The molecule has 0 aromatic heterocycles. The normalized spacial score (nSPS) is 14.9. The fourth-order valence-corrected chi connectivity index (χ4v) is 3.33. The van der Waals surface area contributed by atoms with Gasteiger partial charge in [0, 0.05) is 6.04 Å². The summed E-state index contributed by atoms with van der Waals surface area (Å²) in [5.41, 5.74) is 3.75. The Balaban J connectivity index is 1.76. The Hall–Kier alpha value is -1.64. The second kappa shape index (κ2) is 10.4. The van der Waals surface area contributed by atoms with E-state index in [0.717, 1.165) is 24.4 Å². The van der Waals surface area contributed by atoms with Crippen LogP contribution in [0.3, 0.4) is 0 Å². The lowest BCUT2D eigenvalue weighted by Crippen LogP contribution is -2.33. The van der Waals surface area contributed by atoms with Crippen LogP contribution in [-0.2, 0) is 12.8 Å². The fraction of sp³-hybridized carbons (Fsp3) is 0.478. The van der Waals surface area contributed by atoms with Crippen LogP contribution in [-0.4, -0.2) is 17.7 Å². The summed E-state index contributed by atoms with van der Waals surface area (Å²) in [6.07, 6.45) is 4.25. The van der Waals surface area contributed by atoms with Crippen LogP contribution in [0.25, 0.3) is 0 Å². The van der Waals surface area contributed by atoms with Gasteiger partial charge >= 0.3 is 0 Å². The SMILES string of the molecule is CCC[C@@H](C)Cc1ccc(CCN[C@@H](C)[C@H](O)c2ccccc2)cc1. The van der Waals surface area contributed by atoms with E-state index in [9.17, 15) is 5.11 Å². The van der Waals surface area contributed by atoms with E-state index in [4.69, 9.17) is 0 Å². The zero-order chi connectivity index (χ0) is 18.1. The summed E-state index contributed by atoms with van der Waals surface area (Å²) in [4.78, 5) is 0. The predicted molar refractivity (Wildman–Crippen MR) is 107 cm³/mol. The average molecular weight is 340 g/mol. The Kier molecular flexibility index (Phi) is 8.17. The van der Waals surface area contributed by atoms with Gasteiger partial charge in [-0.2, -0.15) is 0 Å². The van der Waals surface area contributed by atoms with Crippen molar-refractivity contribution in [2.24, 2.45) is 5.92 Å². The zero-order valence-electron chi connectivity index (χ0n) is 15.9. The van der Waals surface area contributed by atoms with Crippen LogP contribution < -0.4 is 5.32 Å². The van der Waals surface area contributed by atoms with Crippen LogP contribution in [0.5, 0.6) is 0 Å². The van der Waals surface area contributed by atoms with Crippen LogP contribution >= 0.6 is 0 Å². The maximum absolute atomic E-state index is 10.4. The van der Waals surface area contributed by atoms with E-state index in [1.165, 1.54) is 30.4 Å². The zero-order valence-corrected chi connectivity index (χ0v) is 15.9. The van der Waals surface area contributed by atoms with Gasteiger partial charge in [0.15, 0.2) is 0 Å². The van der Waals surface area contributed by atoms with Gasteiger partial charge in [-0.05, 0) is 48.9 Å². The first kappa shape index (κ1) is 19.7. The molecule has 136 valence electrons. The highest BCUT2D eigenvalue weighted by atomic mass is 16.3. The highest BCUT2D eigenvalue weighted by Gasteiger charge is 2.15. The van der Waals surface area contributed by atoms with Gasteiger partial charge in [-0.3, -0.25) is 0 Å². The van der Waals surface area contributed by atoms with E-state index in [0.29, 0.717) is 0 Å².